The highest BCUT2D eigenvalue weighted by Gasteiger charge is 2.34. The Balaban J connectivity index is 2.42. The van der Waals surface area contributed by atoms with E-state index in [-0.39, 0.29) is 5.97 Å². The molecule has 108 valence electrons. The van der Waals surface area contributed by atoms with Crippen molar-refractivity contribution in [2.45, 2.75) is 32.1 Å². The van der Waals surface area contributed by atoms with Gasteiger partial charge in [-0.25, -0.2) is 4.79 Å². The maximum atomic E-state index is 11.8. The largest absolute Gasteiger partial charge is 0.468 e. The molecule has 0 spiro atoms. The maximum Gasteiger partial charge on any atom is 0.411 e. The zero-order valence-electron chi connectivity index (χ0n) is 11.8. The summed E-state index contributed by atoms with van der Waals surface area (Å²) in [5.41, 5.74) is 1.06. The lowest BCUT2D eigenvalue weighted by Crippen LogP contribution is -2.36. The van der Waals surface area contributed by atoms with Gasteiger partial charge in [0.1, 0.15) is 5.41 Å². The van der Waals surface area contributed by atoms with Crippen LogP contribution in [0.5, 0.6) is 0 Å². The van der Waals surface area contributed by atoms with Crippen LogP contribution >= 0.6 is 0 Å². The topological polar surface area (TPSA) is 79.7 Å². The van der Waals surface area contributed by atoms with Crippen LogP contribution in [-0.2, 0) is 21.4 Å². The molecule has 6 nitrogen and oxygen atoms in total. The normalized spacial score (nSPS) is 14.7. The predicted molar refractivity (Wildman–Crippen MR) is 73.0 cm³/mol. The van der Waals surface area contributed by atoms with Crippen LogP contribution in [0.25, 0.3) is 0 Å². The number of carbonyl (C=O) groups excluding carboxylic acids is 1. The Kier molecular flexibility index (Phi) is 3.65. The predicted octanol–water partition coefficient (Wildman–Crippen LogP) is 1.96. The number of pyridine rings is 1. The van der Waals surface area contributed by atoms with Crippen molar-refractivity contribution < 1.29 is 19.4 Å². The second-order valence-electron chi connectivity index (χ2n) is 5.32. The molecule has 0 saturated carbocycles. The number of hydrogen-bond acceptors (Lipinski definition) is 4. The second kappa shape index (κ2) is 5.11. The van der Waals surface area contributed by atoms with Crippen molar-refractivity contribution in [3.63, 3.8) is 0 Å². The molecule has 1 aromatic rings. The molecule has 0 aliphatic carbocycles. The van der Waals surface area contributed by atoms with Crippen LogP contribution in [-0.4, -0.2) is 35.8 Å². The van der Waals surface area contributed by atoms with Gasteiger partial charge in [-0.15, -0.1) is 0 Å². The molecule has 6 heteroatoms. The summed E-state index contributed by atoms with van der Waals surface area (Å²) < 4.78 is 4.79. The minimum absolute atomic E-state index is 0.365. The molecule has 1 aromatic heterocycles. The van der Waals surface area contributed by atoms with Crippen molar-refractivity contribution in [2.24, 2.45) is 0 Å². The summed E-state index contributed by atoms with van der Waals surface area (Å²) in [4.78, 5) is 28.8. The van der Waals surface area contributed by atoms with E-state index in [1.54, 1.807) is 26.0 Å². The number of amides is 1. The molecule has 2 rings (SSSR count). The third-order valence-corrected chi connectivity index (χ3v) is 3.60. The zero-order chi connectivity index (χ0) is 14.9. The number of carboxylic acid groups (broad SMARTS) is 1. The number of carbonyl (C=O) groups is 2. The van der Waals surface area contributed by atoms with E-state index in [0.29, 0.717) is 30.0 Å². The minimum Gasteiger partial charge on any atom is -0.468 e. The fraction of sp³-hybridized carbons (Fsp3) is 0.500. The Morgan fingerprint density at radius 1 is 1.40 bits per heavy atom. The van der Waals surface area contributed by atoms with E-state index in [1.807, 2.05) is 0 Å². The number of aromatic nitrogens is 1. The highest BCUT2D eigenvalue weighted by atomic mass is 16.5. The summed E-state index contributed by atoms with van der Waals surface area (Å²) >= 11 is 0. The smallest absolute Gasteiger partial charge is 0.411 e. The van der Waals surface area contributed by atoms with Crippen LogP contribution in [0, 0.1) is 0 Å². The van der Waals surface area contributed by atoms with Gasteiger partial charge in [-0.2, -0.15) is 0 Å². The Bertz CT molecular complexity index is 554. The Morgan fingerprint density at radius 2 is 2.10 bits per heavy atom. The Labute approximate surface area is 117 Å². The molecule has 20 heavy (non-hydrogen) atoms. The Morgan fingerprint density at radius 3 is 2.70 bits per heavy atom. The van der Waals surface area contributed by atoms with Crippen molar-refractivity contribution in [2.75, 3.05) is 18.6 Å². The standard InChI is InChI=1S/C14H18N2O4/c1-14(2,12(17)20-3)11-7-6-10-9(15-11)5-4-8-16(10)13(18)19/h6-7H,4-5,8H2,1-3H3,(H,18,19). The van der Waals surface area contributed by atoms with Crippen molar-refractivity contribution in [3.8, 4) is 0 Å². The van der Waals surface area contributed by atoms with E-state index < -0.39 is 11.5 Å². The molecule has 1 aliphatic heterocycles. The molecule has 2 heterocycles. The van der Waals surface area contributed by atoms with Gasteiger partial charge in [-0.1, -0.05) is 0 Å². The van der Waals surface area contributed by atoms with Gasteiger partial charge in [-0.3, -0.25) is 14.7 Å². The minimum atomic E-state index is -0.979. The summed E-state index contributed by atoms with van der Waals surface area (Å²) in [7, 11) is 1.34. The monoisotopic (exact) mass is 278 g/mol. The molecule has 0 atom stereocenters. The maximum absolute atomic E-state index is 11.8. The SMILES string of the molecule is COC(=O)C(C)(C)c1ccc2c(n1)CCCN2C(=O)O. The van der Waals surface area contributed by atoms with Crippen LogP contribution in [0.15, 0.2) is 12.1 Å². The quantitative estimate of drug-likeness (QED) is 0.836. The molecule has 1 amide bonds. The first-order chi connectivity index (χ1) is 9.37. The van der Waals surface area contributed by atoms with Gasteiger partial charge in [0.2, 0.25) is 0 Å². The molecular formula is C14H18N2O4. The number of rotatable bonds is 2. The van der Waals surface area contributed by atoms with Crippen molar-refractivity contribution in [3.05, 3.63) is 23.5 Å². The molecule has 0 bridgehead atoms. The molecule has 0 fully saturated rings. The average Bonchev–Trinajstić information content (AvgIpc) is 2.44. The molecule has 0 radical (unpaired) electrons. The van der Waals surface area contributed by atoms with Crippen LogP contribution in [0.2, 0.25) is 0 Å². The molecule has 0 aromatic carbocycles. The summed E-state index contributed by atoms with van der Waals surface area (Å²) in [5.74, 6) is -0.365. The molecule has 1 aliphatic rings. The van der Waals surface area contributed by atoms with E-state index in [1.165, 1.54) is 12.0 Å². The average molecular weight is 278 g/mol. The molecule has 0 unspecified atom stereocenters. The van der Waals surface area contributed by atoms with Gasteiger partial charge < -0.3 is 9.84 Å². The van der Waals surface area contributed by atoms with Crippen LogP contribution in [0.4, 0.5) is 10.5 Å². The lowest BCUT2D eigenvalue weighted by Gasteiger charge is -2.28. The first kappa shape index (κ1) is 14.3. The number of ether oxygens (including phenoxy) is 1. The van der Waals surface area contributed by atoms with E-state index in [4.69, 9.17) is 9.84 Å². The Hall–Kier alpha value is -2.11. The third kappa shape index (κ3) is 2.33. The van der Waals surface area contributed by atoms with E-state index in [9.17, 15) is 9.59 Å². The number of fused-ring (bicyclic) bond motifs is 1. The molecule has 0 saturated heterocycles. The first-order valence-corrected chi connectivity index (χ1v) is 6.47. The first-order valence-electron chi connectivity index (χ1n) is 6.47. The third-order valence-electron chi connectivity index (χ3n) is 3.60. The molecular weight excluding hydrogens is 260 g/mol. The van der Waals surface area contributed by atoms with E-state index >= 15 is 0 Å². The summed E-state index contributed by atoms with van der Waals surface area (Å²) in [6, 6.07) is 3.41. The zero-order valence-corrected chi connectivity index (χ0v) is 11.8. The fourth-order valence-corrected chi connectivity index (χ4v) is 2.36. The van der Waals surface area contributed by atoms with E-state index in [0.717, 1.165) is 6.42 Å². The van der Waals surface area contributed by atoms with Gasteiger partial charge in [0.05, 0.1) is 24.2 Å². The lowest BCUT2D eigenvalue weighted by molar-refractivity contribution is -0.146. The number of nitrogens with zero attached hydrogens (tertiary/aromatic N) is 2. The number of methoxy groups -OCH3 is 1. The van der Waals surface area contributed by atoms with Crippen molar-refractivity contribution in [1.82, 2.24) is 4.98 Å². The van der Waals surface area contributed by atoms with Gasteiger partial charge in [0, 0.05) is 6.54 Å². The number of hydrogen-bond donors (Lipinski definition) is 1. The highest BCUT2D eigenvalue weighted by molar-refractivity contribution is 5.87. The van der Waals surface area contributed by atoms with E-state index in [2.05, 4.69) is 4.98 Å². The lowest BCUT2D eigenvalue weighted by atomic mass is 9.88. The fourth-order valence-electron chi connectivity index (χ4n) is 2.36. The second-order valence-corrected chi connectivity index (χ2v) is 5.32. The summed E-state index contributed by atoms with van der Waals surface area (Å²) in [5, 5.41) is 9.16. The van der Waals surface area contributed by atoms with Gasteiger partial charge in [-0.05, 0) is 38.8 Å². The molecule has 1 N–H and O–H groups in total. The van der Waals surface area contributed by atoms with Crippen molar-refractivity contribution in [1.29, 1.82) is 0 Å². The van der Waals surface area contributed by atoms with Crippen LogP contribution < -0.4 is 4.90 Å². The van der Waals surface area contributed by atoms with Gasteiger partial charge in [0.15, 0.2) is 0 Å². The summed E-state index contributed by atoms with van der Waals surface area (Å²) in [6.07, 6.45) is 0.464. The van der Waals surface area contributed by atoms with Crippen LogP contribution in [0.1, 0.15) is 31.7 Å². The van der Waals surface area contributed by atoms with Gasteiger partial charge in [0.25, 0.3) is 0 Å². The van der Waals surface area contributed by atoms with Crippen LogP contribution in [0.3, 0.4) is 0 Å². The highest BCUT2D eigenvalue weighted by Crippen LogP contribution is 2.30. The number of esters is 1. The summed E-state index contributed by atoms with van der Waals surface area (Å²) in [6.45, 7) is 3.96. The van der Waals surface area contributed by atoms with Gasteiger partial charge >= 0.3 is 12.1 Å². The number of aryl methyl sites for hydroxylation is 1. The number of anilines is 1. The van der Waals surface area contributed by atoms with Crippen molar-refractivity contribution >= 4 is 17.7 Å².